The van der Waals surface area contributed by atoms with Gasteiger partial charge >= 0.3 is 5.97 Å². The van der Waals surface area contributed by atoms with Crippen molar-refractivity contribution in [2.24, 2.45) is 28.6 Å². The first kappa shape index (κ1) is 27.5. The Morgan fingerprint density at radius 1 is 1.05 bits per heavy atom. The van der Waals surface area contributed by atoms with Gasteiger partial charge in [0.1, 0.15) is 5.60 Å². The molecule has 0 unspecified atom stereocenters. The summed E-state index contributed by atoms with van der Waals surface area (Å²) in [6.45, 7) is 5.07. The van der Waals surface area contributed by atoms with E-state index in [-0.39, 0.29) is 42.0 Å². The van der Waals surface area contributed by atoms with Gasteiger partial charge in [0.05, 0.1) is 12.5 Å². The Labute approximate surface area is 225 Å². The molecule has 210 valence electrons. The number of hydrogen-bond acceptors (Lipinski definition) is 7. The Hall–Kier alpha value is -2.06. The van der Waals surface area contributed by atoms with E-state index in [1.807, 2.05) is 6.08 Å². The van der Waals surface area contributed by atoms with E-state index in [1.54, 1.807) is 0 Å². The van der Waals surface area contributed by atoms with Crippen molar-refractivity contribution in [1.82, 2.24) is 5.32 Å². The summed E-state index contributed by atoms with van der Waals surface area (Å²) in [6, 6.07) is 0. The maximum Gasteiger partial charge on any atom is 0.306 e. The maximum absolute atomic E-state index is 13.3. The Morgan fingerprint density at radius 2 is 1.84 bits per heavy atom. The maximum atomic E-state index is 13.3. The number of carbonyl (C=O) groups is 4. The first-order valence-corrected chi connectivity index (χ1v) is 14.6. The average Bonchev–Trinajstić information content (AvgIpc) is 3.51. The second-order valence-corrected chi connectivity index (χ2v) is 12.8. The van der Waals surface area contributed by atoms with Crippen LogP contribution in [0.4, 0.5) is 0 Å². The third-order valence-electron chi connectivity index (χ3n) is 11.0. The number of ether oxygens (including phenoxy) is 2. The number of allylic oxidation sites excluding steroid dienone is 1. The predicted molar refractivity (Wildman–Crippen MR) is 139 cm³/mol. The standard InChI is InChI=1S/C30H43NO7/c1-28-12-9-20(32)16-19(28)5-6-22-23(28)10-13-29(2)24(22)11-14-30(29,36)25(33)18-38-27(35)8-7-26(34)31-17-21-4-3-15-37-21/h16,21-24,36H,3-15,17-18H2,1-2H3,(H,31,34)/t21-,22-,23+,24+,28+,29+,30+/m1/s1. The minimum atomic E-state index is -1.51. The summed E-state index contributed by atoms with van der Waals surface area (Å²) in [7, 11) is 0. The van der Waals surface area contributed by atoms with Crippen molar-refractivity contribution in [2.75, 3.05) is 19.8 Å². The van der Waals surface area contributed by atoms with Crippen molar-refractivity contribution in [2.45, 2.75) is 103 Å². The molecule has 5 aliphatic rings. The van der Waals surface area contributed by atoms with Gasteiger partial charge in [0.25, 0.3) is 0 Å². The third-order valence-corrected chi connectivity index (χ3v) is 11.0. The molecule has 1 saturated heterocycles. The highest BCUT2D eigenvalue weighted by Crippen LogP contribution is 2.67. The van der Waals surface area contributed by atoms with E-state index in [0.29, 0.717) is 37.8 Å². The first-order valence-electron chi connectivity index (χ1n) is 14.6. The second kappa shape index (κ2) is 10.5. The van der Waals surface area contributed by atoms with Crippen molar-refractivity contribution in [3.63, 3.8) is 0 Å². The van der Waals surface area contributed by atoms with Crippen molar-refractivity contribution < 1.29 is 33.8 Å². The van der Waals surface area contributed by atoms with E-state index < -0.39 is 29.4 Å². The van der Waals surface area contributed by atoms with E-state index >= 15 is 0 Å². The smallest absolute Gasteiger partial charge is 0.306 e. The lowest BCUT2D eigenvalue weighted by Gasteiger charge is -2.58. The highest BCUT2D eigenvalue weighted by molar-refractivity contribution is 5.92. The summed E-state index contributed by atoms with van der Waals surface area (Å²) in [5.74, 6) is 0.0801. The van der Waals surface area contributed by atoms with E-state index in [1.165, 1.54) is 5.57 Å². The fourth-order valence-corrected chi connectivity index (χ4v) is 8.71. The third kappa shape index (κ3) is 4.76. The molecule has 1 aliphatic heterocycles. The topological polar surface area (TPSA) is 119 Å². The van der Waals surface area contributed by atoms with Crippen molar-refractivity contribution in [3.8, 4) is 0 Å². The van der Waals surface area contributed by atoms with Crippen molar-refractivity contribution in [3.05, 3.63) is 11.6 Å². The molecular formula is C30H43NO7. The van der Waals surface area contributed by atoms with Crippen LogP contribution < -0.4 is 5.32 Å². The first-order chi connectivity index (χ1) is 18.1. The molecule has 0 radical (unpaired) electrons. The minimum Gasteiger partial charge on any atom is -0.458 e. The van der Waals surface area contributed by atoms with Crippen molar-refractivity contribution >= 4 is 23.4 Å². The van der Waals surface area contributed by atoms with Gasteiger partial charge in [-0.2, -0.15) is 0 Å². The van der Waals surface area contributed by atoms with Gasteiger partial charge in [0.15, 0.2) is 12.4 Å². The number of amides is 1. The molecule has 5 rings (SSSR count). The van der Waals surface area contributed by atoms with Crippen LogP contribution in [0.2, 0.25) is 0 Å². The quantitative estimate of drug-likeness (QED) is 0.462. The lowest BCUT2D eigenvalue weighted by atomic mass is 9.46. The molecule has 7 atom stereocenters. The van der Waals surface area contributed by atoms with Crippen LogP contribution in [0.25, 0.3) is 0 Å². The number of Topliss-reactive ketones (excluding diaryl/α,β-unsaturated/α-hetero) is 1. The van der Waals surface area contributed by atoms with Gasteiger partial charge in [-0.05, 0) is 87.0 Å². The number of fused-ring (bicyclic) bond motifs is 5. The molecule has 2 N–H and O–H groups in total. The monoisotopic (exact) mass is 529 g/mol. The van der Waals surface area contributed by atoms with Crippen LogP contribution in [0.1, 0.15) is 90.9 Å². The molecule has 1 amide bonds. The van der Waals surface area contributed by atoms with Crippen molar-refractivity contribution in [1.29, 1.82) is 0 Å². The number of rotatable bonds is 8. The normalized spacial score (nSPS) is 40.0. The minimum absolute atomic E-state index is 0.00628. The fraction of sp³-hybridized carbons (Fsp3) is 0.800. The molecule has 0 spiro atoms. The summed E-state index contributed by atoms with van der Waals surface area (Å²) >= 11 is 0. The molecule has 1 heterocycles. The summed E-state index contributed by atoms with van der Waals surface area (Å²) in [6.07, 6.45) is 10.00. The van der Waals surface area contributed by atoms with E-state index in [9.17, 15) is 24.3 Å². The van der Waals surface area contributed by atoms with Crippen LogP contribution in [0.5, 0.6) is 0 Å². The van der Waals surface area contributed by atoms with E-state index in [2.05, 4.69) is 19.2 Å². The summed E-state index contributed by atoms with van der Waals surface area (Å²) < 4.78 is 10.7. The van der Waals surface area contributed by atoms with Crippen LogP contribution in [-0.4, -0.2) is 60.0 Å². The molecular weight excluding hydrogens is 486 g/mol. The number of aliphatic hydroxyl groups is 1. The van der Waals surface area contributed by atoms with Gasteiger partial charge < -0.3 is 19.9 Å². The van der Waals surface area contributed by atoms with Gasteiger partial charge in [0, 0.05) is 31.4 Å². The molecule has 8 heteroatoms. The Kier molecular flexibility index (Phi) is 7.59. The van der Waals surface area contributed by atoms with Gasteiger partial charge in [-0.3, -0.25) is 19.2 Å². The van der Waals surface area contributed by atoms with Crippen LogP contribution in [0.3, 0.4) is 0 Å². The number of nitrogens with one attached hydrogen (secondary N) is 1. The van der Waals surface area contributed by atoms with E-state index in [4.69, 9.17) is 9.47 Å². The highest BCUT2D eigenvalue weighted by Gasteiger charge is 2.66. The molecule has 0 bridgehead atoms. The lowest BCUT2D eigenvalue weighted by molar-refractivity contribution is -0.170. The molecule has 3 saturated carbocycles. The second-order valence-electron chi connectivity index (χ2n) is 12.8. The zero-order valence-electron chi connectivity index (χ0n) is 22.9. The molecule has 4 aliphatic carbocycles. The van der Waals surface area contributed by atoms with Crippen LogP contribution >= 0.6 is 0 Å². The zero-order chi connectivity index (χ0) is 27.1. The number of hydrogen-bond donors (Lipinski definition) is 2. The highest BCUT2D eigenvalue weighted by atomic mass is 16.5. The summed E-state index contributed by atoms with van der Waals surface area (Å²) in [5.41, 5.74) is -0.729. The predicted octanol–water partition coefficient (Wildman–Crippen LogP) is 3.44. The van der Waals surface area contributed by atoms with Crippen LogP contribution in [0, 0.1) is 28.6 Å². The van der Waals surface area contributed by atoms with Gasteiger partial charge in [-0.1, -0.05) is 19.4 Å². The molecule has 0 aromatic carbocycles. The van der Waals surface area contributed by atoms with Gasteiger partial charge in [-0.15, -0.1) is 0 Å². The molecule has 0 aromatic rings. The summed E-state index contributed by atoms with van der Waals surface area (Å²) in [5, 5.41) is 14.5. The molecule has 38 heavy (non-hydrogen) atoms. The SMILES string of the molecule is C[C@]12CCC(=O)C=C1CC[C@@H]1[C@@H]2CC[C@@]2(C)[C@H]1CC[C@]2(O)C(=O)COC(=O)CCC(=O)NC[C@H]1CCCO1. The average molecular weight is 530 g/mol. The number of carbonyl (C=O) groups excluding carboxylic acids is 4. The Balaban J connectivity index is 1.15. The zero-order valence-corrected chi connectivity index (χ0v) is 22.9. The molecule has 0 aromatic heterocycles. The summed E-state index contributed by atoms with van der Waals surface area (Å²) in [4.78, 5) is 49.7. The Bertz CT molecular complexity index is 1020. The van der Waals surface area contributed by atoms with Gasteiger partial charge in [0.2, 0.25) is 11.7 Å². The van der Waals surface area contributed by atoms with E-state index in [0.717, 1.165) is 51.4 Å². The van der Waals surface area contributed by atoms with Crippen LogP contribution in [0.15, 0.2) is 11.6 Å². The largest absolute Gasteiger partial charge is 0.458 e. The molecule has 8 nitrogen and oxygen atoms in total. The Morgan fingerprint density at radius 3 is 2.61 bits per heavy atom. The van der Waals surface area contributed by atoms with Gasteiger partial charge in [-0.25, -0.2) is 0 Å². The lowest BCUT2D eigenvalue weighted by Crippen LogP contribution is -2.58. The number of ketones is 2. The number of esters is 1. The van der Waals surface area contributed by atoms with Crippen LogP contribution in [-0.2, 0) is 28.7 Å². The fourth-order valence-electron chi connectivity index (χ4n) is 8.71. The molecule has 4 fully saturated rings.